The molecule has 0 aliphatic heterocycles. The maximum absolute atomic E-state index is 12.8. The van der Waals surface area contributed by atoms with Crippen LogP contribution in [0.4, 0.5) is 8.78 Å². The molecule has 0 spiro atoms. The maximum atomic E-state index is 12.8. The third-order valence-corrected chi connectivity index (χ3v) is 1.71. The fourth-order valence-corrected chi connectivity index (χ4v) is 0.908. The smallest absolute Gasteiger partial charge is 0.348 e. The molecule has 0 fully saturated rings. The van der Waals surface area contributed by atoms with Gasteiger partial charge in [-0.05, 0) is 13.3 Å². The molecule has 0 bridgehead atoms. The Morgan fingerprint density at radius 2 is 2.21 bits per heavy atom. The summed E-state index contributed by atoms with van der Waals surface area (Å²) in [5.41, 5.74) is 1.39. The van der Waals surface area contributed by atoms with E-state index in [1.54, 1.807) is 6.92 Å². The molecule has 0 heterocycles. The lowest BCUT2D eigenvalue weighted by Crippen LogP contribution is -2.46. The van der Waals surface area contributed by atoms with Crippen LogP contribution in [0.2, 0.25) is 0 Å². The van der Waals surface area contributed by atoms with Gasteiger partial charge in [0.1, 0.15) is 6.61 Å². The topological polar surface area (TPSA) is 64.3 Å². The predicted octanol–water partition coefficient (Wildman–Crippen LogP) is 0.817. The van der Waals surface area contributed by atoms with Crippen LogP contribution in [-0.4, -0.2) is 24.5 Å². The van der Waals surface area contributed by atoms with E-state index in [1.165, 1.54) is 5.43 Å². The molecule has 14 heavy (non-hydrogen) atoms. The molecule has 0 saturated carbocycles. The van der Waals surface area contributed by atoms with E-state index in [-0.39, 0.29) is 6.10 Å². The summed E-state index contributed by atoms with van der Waals surface area (Å²) in [5.74, 6) is -0.497. The molecule has 0 rings (SSSR count). The number of nitrogens with two attached hydrogens (primary N) is 1. The molecule has 6 heteroatoms. The van der Waals surface area contributed by atoms with Crippen molar-refractivity contribution in [3.05, 3.63) is 0 Å². The minimum absolute atomic E-state index is 0.281. The fourth-order valence-electron chi connectivity index (χ4n) is 0.908. The number of alkyl halides is 2. The number of amides is 1. The zero-order valence-corrected chi connectivity index (χ0v) is 8.35. The Kier molecular flexibility index (Phi) is 5.56. The molecule has 0 aliphatic rings. The number of ether oxygens (including phenoxy) is 1. The zero-order valence-electron chi connectivity index (χ0n) is 8.35. The van der Waals surface area contributed by atoms with E-state index in [0.29, 0.717) is 6.42 Å². The molecule has 84 valence electrons. The molecule has 0 aromatic rings. The molecule has 0 aromatic heterocycles. The molecule has 0 radical (unpaired) electrons. The van der Waals surface area contributed by atoms with E-state index < -0.39 is 18.4 Å². The molecular weight excluding hydrogens is 194 g/mol. The zero-order chi connectivity index (χ0) is 11.2. The normalized spacial score (nSPS) is 13.8. The van der Waals surface area contributed by atoms with E-state index in [4.69, 9.17) is 4.74 Å². The molecule has 0 saturated heterocycles. The Balaban J connectivity index is 3.92. The van der Waals surface area contributed by atoms with E-state index in [1.807, 2.05) is 6.92 Å². The van der Waals surface area contributed by atoms with Gasteiger partial charge in [0.2, 0.25) is 0 Å². The van der Waals surface area contributed by atoms with Gasteiger partial charge >= 0.3 is 11.8 Å². The van der Waals surface area contributed by atoms with Crippen molar-refractivity contribution in [1.82, 2.24) is 5.43 Å². The second kappa shape index (κ2) is 5.87. The van der Waals surface area contributed by atoms with Crippen molar-refractivity contribution in [3.63, 3.8) is 0 Å². The Morgan fingerprint density at radius 3 is 2.64 bits per heavy atom. The van der Waals surface area contributed by atoms with Gasteiger partial charge in [0, 0.05) is 0 Å². The van der Waals surface area contributed by atoms with Crippen LogP contribution in [0.5, 0.6) is 0 Å². The van der Waals surface area contributed by atoms with Gasteiger partial charge in [-0.15, -0.1) is 0 Å². The Labute approximate surface area is 81.8 Å². The summed E-state index contributed by atoms with van der Waals surface area (Å²) in [6.45, 7) is 2.67. The quantitative estimate of drug-likeness (QED) is 0.387. The van der Waals surface area contributed by atoms with Gasteiger partial charge in [-0.2, -0.15) is 8.78 Å². The molecule has 1 amide bonds. The van der Waals surface area contributed by atoms with Crippen molar-refractivity contribution in [2.75, 3.05) is 6.61 Å². The maximum Gasteiger partial charge on any atom is 0.348 e. The van der Waals surface area contributed by atoms with Gasteiger partial charge in [0.05, 0.1) is 6.10 Å². The predicted molar refractivity (Wildman–Crippen MR) is 47.6 cm³/mol. The van der Waals surface area contributed by atoms with Gasteiger partial charge in [-0.1, -0.05) is 13.3 Å². The summed E-state index contributed by atoms with van der Waals surface area (Å²) in [6, 6.07) is 0. The van der Waals surface area contributed by atoms with E-state index >= 15 is 0 Å². The van der Waals surface area contributed by atoms with Gasteiger partial charge in [0.25, 0.3) is 0 Å². The number of hydrogen-bond donors (Lipinski definition) is 2. The van der Waals surface area contributed by atoms with Crippen molar-refractivity contribution in [2.24, 2.45) is 5.84 Å². The first-order valence-electron chi connectivity index (χ1n) is 4.44. The molecular formula is C8H16F2N2O2. The van der Waals surface area contributed by atoms with Crippen LogP contribution in [0.25, 0.3) is 0 Å². The van der Waals surface area contributed by atoms with Crippen LogP contribution >= 0.6 is 0 Å². The van der Waals surface area contributed by atoms with Crippen molar-refractivity contribution >= 4 is 5.91 Å². The van der Waals surface area contributed by atoms with Gasteiger partial charge in [-0.25, -0.2) is 5.84 Å². The van der Waals surface area contributed by atoms with Crippen molar-refractivity contribution in [3.8, 4) is 0 Å². The first kappa shape index (κ1) is 13.2. The average molecular weight is 210 g/mol. The highest BCUT2D eigenvalue weighted by Crippen LogP contribution is 2.15. The molecule has 1 unspecified atom stereocenters. The van der Waals surface area contributed by atoms with Gasteiger partial charge < -0.3 is 4.74 Å². The monoisotopic (exact) mass is 210 g/mol. The van der Waals surface area contributed by atoms with Crippen LogP contribution < -0.4 is 11.3 Å². The first-order valence-corrected chi connectivity index (χ1v) is 4.44. The van der Waals surface area contributed by atoms with E-state index in [0.717, 1.165) is 6.42 Å². The van der Waals surface area contributed by atoms with E-state index in [2.05, 4.69) is 5.84 Å². The third-order valence-electron chi connectivity index (χ3n) is 1.71. The number of hydrogen-bond acceptors (Lipinski definition) is 3. The summed E-state index contributed by atoms with van der Waals surface area (Å²) < 4.78 is 30.4. The third kappa shape index (κ3) is 4.48. The highest BCUT2D eigenvalue weighted by molar-refractivity contribution is 5.82. The summed E-state index contributed by atoms with van der Waals surface area (Å²) in [4.78, 5) is 10.5. The second-order valence-corrected chi connectivity index (χ2v) is 3.09. The van der Waals surface area contributed by atoms with Crippen LogP contribution in [-0.2, 0) is 9.53 Å². The number of hydrazine groups is 1. The highest BCUT2D eigenvalue weighted by atomic mass is 19.3. The fraction of sp³-hybridized carbons (Fsp3) is 0.875. The molecule has 0 aromatic carbocycles. The van der Waals surface area contributed by atoms with Gasteiger partial charge in [-0.3, -0.25) is 10.2 Å². The second-order valence-electron chi connectivity index (χ2n) is 3.09. The lowest BCUT2D eigenvalue weighted by atomic mass is 10.2. The standard InChI is InChI=1S/C8H16F2N2O2/c1-3-4-6(2)14-5-8(9,10)7(13)12-11/h6H,3-5,11H2,1-2H3,(H,12,13). The SMILES string of the molecule is CCCC(C)OCC(F)(F)C(=O)NN. The Bertz CT molecular complexity index is 188. The molecule has 1 atom stereocenters. The molecule has 0 aliphatic carbocycles. The van der Waals surface area contributed by atoms with Crippen molar-refractivity contribution in [2.45, 2.75) is 38.7 Å². The van der Waals surface area contributed by atoms with Crippen LogP contribution in [0, 0.1) is 0 Å². The summed E-state index contributed by atoms with van der Waals surface area (Å²) in [6.07, 6.45) is 1.24. The summed E-state index contributed by atoms with van der Waals surface area (Å²) in [5, 5.41) is 0. The van der Waals surface area contributed by atoms with Crippen molar-refractivity contribution in [1.29, 1.82) is 0 Å². The number of halogens is 2. The van der Waals surface area contributed by atoms with Crippen LogP contribution in [0.15, 0.2) is 0 Å². The first-order chi connectivity index (χ1) is 6.44. The van der Waals surface area contributed by atoms with Crippen LogP contribution in [0.1, 0.15) is 26.7 Å². The van der Waals surface area contributed by atoms with E-state index in [9.17, 15) is 13.6 Å². The summed E-state index contributed by atoms with van der Waals surface area (Å²) >= 11 is 0. The van der Waals surface area contributed by atoms with Crippen LogP contribution in [0.3, 0.4) is 0 Å². The molecule has 4 nitrogen and oxygen atoms in total. The largest absolute Gasteiger partial charge is 0.372 e. The number of carbonyl (C=O) groups excluding carboxylic acids is 1. The summed E-state index contributed by atoms with van der Waals surface area (Å²) in [7, 11) is 0. The number of carbonyl (C=O) groups is 1. The Morgan fingerprint density at radius 1 is 1.64 bits per heavy atom. The van der Waals surface area contributed by atoms with Gasteiger partial charge in [0.15, 0.2) is 0 Å². The molecule has 3 N–H and O–H groups in total. The number of rotatable bonds is 6. The minimum Gasteiger partial charge on any atom is -0.372 e. The highest BCUT2D eigenvalue weighted by Gasteiger charge is 2.39. The number of nitrogens with one attached hydrogen (secondary N) is 1. The lowest BCUT2D eigenvalue weighted by Gasteiger charge is -2.17. The van der Waals surface area contributed by atoms with Crippen molar-refractivity contribution < 1.29 is 18.3 Å². The lowest BCUT2D eigenvalue weighted by molar-refractivity contribution is -0.157. The average Bonchev–Trinajstić information content (AvgIpc) is 2.14. The Hall–Kier alpha value is -0.750. The minimum atomic E-state index is -3.56.